The van der Waals surface area contributed by atoms with E-state index in [1.807, 2.05) is 18.4 Å². The number of nitrogens with zero attached hydrogens (tertiary/aromatic N) is 1. The van der Waals surface area contributed by atoms with Crippen LogP contribution in [0.2, 0.25) is 0 Å². The molecular formula is C28H27FN2O6S2. The van der Waals surface area contributed by atoms with Crippen LogP contribution < -0.4 is 25.0 Å². The maximum atomic E-state index is 14.3. The number of methoxy groups -OCH3 is 3. The number of carbonyl (C=O) groups is 1. The van der Waals surface area contributed by atoms with E-state index in [0.717, 1.165) is 34.7 Å². The highest BCUT2D eigenvalue weighted by Gasteiger charge is 2.29. The molecule has 3 aromatic carbocycles. The second kappa shape index (κ2) is 12.5. The lowest BCUT2D eigenvalue weighted by Gasteiger charge is -2.19. The van der Waals surface area contributed by atoms with Crippen molar-refractivity contribution in [2.45, 2.75) is 29.5 Å². The monoisotopic (exact) mass is 570 g/mol. The molecule has 0 spiro atoms. The van der Waals surface area contributed by atoms with Crippen LogP contribution >= 0.6 is 23.7 Å². The minimum absolute atomic E-state index is 0.105. The van der Waals surface area contributed by atoms with E-state index in [-0.39, 0.29) is 16.7 Å². The zero-order chi connectivity index (χ0) is 28.1. The van der Waals surface area contributed by atoms with Gasteiger partial charge in [0.15, 0.2) is 16.9 Å². The fraction of sp³-hybridized carbons (Fsp3) is 0.286. The van der Waals surface area contributed by atoms with E-state index in [2.05, 4.69) is 9.90 Å². The number of nitroso groups, excluding NO2 is 1. The molecule has 1 aliphatic carbocycles. The highest BCUT2D eigenvalue weighted by molar-refractivity contribution is 7.98. The molecule has 0 bridgehead atoms. The maximum absolute atomic E-state index is 14.3. The Bertz CT molecular complexity index is 1480. The summed E-state index contributed by atoms with van der Waals surface area (Å²) in [5, 5.41) is 3.00. The Labute approximate surface area is 233 Å². The molecule has 0 saturated heterocycles. The van der Waals surface area contributed by atoms with Crippen molar-refractivity contribution in [3.05, 3.63) is 85.7 Å². The smallest absolute Gasteiger partial charge is 0.251 e. The Morgan fingerprint density at radius 2 is 1.82 bits per heavy atom. The molecule has 1 N–H and O–H groups in total. The predicted octanol–water partition coefficient (Wildman–Crippen LogP) is 5.93. The topological polar surface area (TPSA) is 103 Å². The van der Waals surface area contributed by atoms with Gasteiger partial charge in [-0.15, -0.1) is 16.7 Å². The van der Waals surface area contributed by atoms with Crippen LogP contribution in [0.25, 0.3) is 11.1 Å². The first-order valence-corrected chi connectivity index (χ1v) is 14.1. The Morgan fingerprint density at radius 3 is 2.49 bits per heavy atom. The SMILES string of the molecule is COc1cc2c(c(OC)c1OC)CC[C@H](NC(=O)c1cc(F)cc(CSN=O)c1)c1cc(=O)c(SC)ccc1-2. The molecule has 0 aliphatic heterocycles. The minimum atomic E-state index is -0.598. The van der Waals surface area contributed by atoms with Gasteiger partial charge in [-0.25, -0.2) is 4.39 Å². The van der Waals surface area contributed by atoms with E-state index in [1.165, 1.54) is 38.1 Å². The van der Waals surface area contributed by atoms with Gasteiger partial charge in [-0.2, -0.15) is 0 Å². The first-order valence-electron chi connectivity index (χ1n) is 11.9. The fourth-order valence-corrected chi connectivity index (χ4v) is 5.67. The second-order valence-electron chi connectivity index (χ2n) is 8.71. The summed E-state index contributed by atoms with van der Waals surface area (Å²) >= 11 is 2.06. The number of rotatable bonds is 9. The molecule has 8 nitrogen and oxygen atoms in total. The second-order valence-corrected chi connectivity index (χ2v) is 10.3. The molecule has 0 radical (unpaired) electrons. The number of carbonyl (C=O) groups excluding carboxylic acids is 1. The fourth-order valence-electron chi connectivity index (χ4n) is 4.84. The summed E-state index contributed by atoms with van der Waals surface area (Å²) in [6, 6.07) is 10.4. The Morgan fingerprint density at radius 1 is 1.05 bits per heavy atom. The van der Waals surface area contributed by atoms with Crippen molar-refractivity contribution < 1.29 is 23.4 Å². The van der Waals surface area contributed by atoms with Gasteiger partial charge in [-0.1, -0.05) is 6.07 Å². The molecule has 204 valence electrons. The van der Waals surface area contributed by atoms with E-state index in [4.69, 9.17) is 14.2 Å². The van der Waals surface area contributed by atoms with Gasteiger partial charge in [0.1, 0.15) is 5.82 Å². The van der Waals surface area contributed by atoms with Crippen LogP contribution in [-0.2, 0) is 12.2 Å². The van der Waals surface area contributed by atoms with Crippen LogP contribution in [0, 0.1) is 10.7 Å². The van der Waals surface area contributed by atoms with E-state index < -0.39 is 17.8 Å². The molecule has 1 atom stereocenters. The van der Waals surface area contributed by atoms with Crippen LogP contribution in [0.15, 0.2) is 56.7 Å². The van der Waals surface area contributed by atoms with Gasteiger partial charge in [0, 0.05) is 33.4 Å². The third-order valence-electron chi connectivity index (χ3n) is 6.55. The molecule has 0 heterocycles. The number of ether oxygens (including phenoxy) is 3. The summed E-state index contributed by atoms with van der Waals surface area (Å²) in [5.74, 6) is 0.467. The third-order valence-corrected chi connectivity index (χ3v) is 7.90. The van der Waals surface area contributed by atoms with Crippen LogP contribution in [0.3, 0.4) is 0 Å². The van der Waals surface area contributed by atoms with Gasteiger partial charge in [0.25, 0.3) is 5.91 Å². The molecule has 3 aromatic rings. The standard InChI is InChI=1S/C28H27FN2O6S2/c1-35-24-13-20-18-6-8-25(38-4)23(32)12-21(18)22(7-5-19(20)26(36-2)27(24)37-3)30-28(33)16-9-15(14-39-31-34)10-17(29)11-16/h6,8-13,22H,5,7,14H2,1-4H3,(H,30,33)/t22-/m0/s1. The highest BCUT2D eigenvalue weighted by atomic mass is 32.2. The van der Waals surface area contributed by atoms with Crippen molar-refractivity contribution in [1.29, 1.82) is 0 Å². The Balaban J connectivity index is 1.86. The molecule has 11 heteroatoms. The van der Waals surface area contributed by atoms with E-state index >= 15 is 0 Å². The quantitative estimate of drug-likeness (QED) is 0.192. The first-order chi connectivity index (χ1) is 18.8. The molecule has 0 aromatic heterocycles. The molecule has 0 saturated carbocycles. The van der Waals surface area contributed by atoms with E-state index in [1.54, 1.807) is 19.2 Å². The highest BCUT2D eigenvalue weighted by Crippen LogP contribution is 2.49. The first kappa shape index (κ1) is 28.4. The summed E-state index contributed by atoms with van der Waals surface area (Å²) in [6.45, 7) is 0. The lowest BCUT2D eigenvalue weighted by Crippen LogP contribution is -2.29. The van der Waals surface area contributed by atoms with Crippen molar-refractivity contribution in [3.63, 3.8) is 0 Å². The maximum Gasteiger partial charge on any atom is 0.251 e. The van der Waals surface area contributed by atoms with Crippen molar-refractivity contribution >= 4 is 29.6 Å². The average Bonchev–Trinajstić information content (AvgIpc) is 3.18. The van der Waals surface area contributed by atoms with Crippen molar-refractivity contribution in [3.8, 4) is 28.4 Å². The molecule has 4 rings (SSSR count). The zero-order valence-corrected chi connectivity index (χ0v) is 23.5. The molecule has 0 unspecified atom stereocenters. The lowest BCUT2D eigenvalue weighted by molar-refractivity contribution is 0.0934. The van der Waals surface area contributed by atoms with Crippen molar-refractivity contribution in [1.82, 2.24) is 5.32 Å². The number of amides is 1. The van der Waals surface area contributed by atoms with Gasteiger partial charge in [-0.05, 0) is 77.7 Å². The predicted molar refractivity (Wildman–Crippen MR) is 152 cm³/mol. The number of nitrogens with one attached hydrogen (secondary N) is 1. The molecule has 1 amide bonds. The summed E-state index contributed by atoms with van der Waals surface area (Å²) in [6.07, 6.45) is 2.75. The summed E-state index contributed by atoms with van der Waals surface area (Å²) in [4.78, 5) is 37.5. The van der Waals surface area contributed by atoms with Gasteiger partial charge in [-0.3, -0.25) is 9.59 Å². The van der Waals surface area contributed by atoms with Gasteiger partial charge in [0.2, 0.25) is 5.75 Å². The number of hydrogen-bond donors (Lipinski definition) is 1. The number of thioether (sulfide) groups is 1. The molecule has 1 aliphatic rings. The third kappa shape index (κ3) is 5.89. The number of halogens is 1. The minimum Gasteiger partial charge on any atom is -0.493 e. The number of fused-ring (bicyclic) bond motifs is 3. The van der Waals surface area contributed by atoms with Gasteiger partial charge < -0.3 is 19.5 Å². The van der Waals surface area contributed by atoms with Crippen LogP contribution in [-0.4, -0.2) is 33.5 Å². The zero-order valence-electron chi connectivity index (χ0n) is 21.8. The van der Waals surface area contributed by atoms with Crippen molar-refractivity contribution in [2.24, 2.45) is 4.58 Å². The Kier molecular flexibility index (Phi) is 9.13. The molecule has 39 heavy (non-hydrogen) atoms. The summed E-state index contributed by atoms with van der Waals surface area (Å²) in [5.41, 5.74) is 3.39. The van der Waals surface area contributed by atoms with Gasteiger partial charge >= 0.3 is 0 Å². The summed E-state index contributed by atoms with van der Waals surface area (Å²) < 4.78 is 34.0. The molecular weight excluding hydrogens is 543 g/mol. The van der Waals surface area contributed by atoms with Crippen LogP contribution in [0.1, 0.15) is 39.5 Å². The number of benzene rings is 2. The van der Waals surface area contributed by atoms with Crippen LogP contribution in [0.4, 0.5) is 4.39 Å². The van der Waals surface area contributed by atoms with Crippen molar-refractivity contribution in [2.75, 3.05) is 27.6 Å². The Hall–Kier alpha value is -3.57. The average molecular weight is 571 g/mol. The lowest BCUT2D eigenvalue weighted by atomic mass is 9.96. The molecule has 0 fully saturated rings. The summed E-state index contributed by atoms with van der Waals surface area (Å²) in [7, 11) is 4.62. The number of hydrogen-bond acceptors (Lipinski definition) is 9. The normalized spacial score (nSPS) is 13.9. The van der Waals surface area contributed by atoms with Gasteiger partial charge in [0.05, 0.1) is 32.3 Å². The largest absolute Gasteiger partial charge is 0.493 e. The van der Waals surface area contributed by atoms with Crippen LogP contribution in [0.5, 0.6) is 17.2 Å². The van der Waals surface area contributed by atoms with E-state index in [9.17, 15) is 18.9 Å². The van der Waals surface area contributed by atoms with E-state index in [0.29, 0.717) is 46.1 Å².